The Hall–Kier alpha value is -3.28. The molecule has 0 aliphatic heterocycles. The molecule has 0 bridgehead atoms. The minimum absolute atomic E-state index is 0.174. The van der Waals surface area contributed by atoms with Gasteiger partial charge in [-0.1, -0.05) is 41.6 Å². The van der Waals surface area contributed by atoms with Crippen LogP contribution in [0.25, 0.3) is 0 Å². The second-order valence-electron chi connectivity index (χ2n) is 5.52. The maximum Gasteiger partial charge on any atom is 0.212 e. The van der Waals surface area contributed by atoms with Gasteiger partial charge in [0.1, 0.15) is 22.9 Å². The maximum atomic E-state index is 13.0. The first-order chi connectivity index (χ1) is 11.7. The van der Waals surface area contributed by atoms with Gasteiger partial charge in [-0.2, -0.15) is 0 Å². The Bertz CT molecular complexity index is 974. The number of halogens is 1. The van der Waals surface area contributed by atoms with Gasteiger partial charge in [-0.25, -0.2) is 9.37 Å². The van der Waals surface area contributed by atoms with Crippen LogP contribution in [0, 0.1) is 5.82 Å². The molecule has 1 N–H and O–H groups in total. The fourth-order valence-corrected chi connectivity index (χ4v) is 2.94. The van der Waals surface area contributed by atoms with Crippen molar-refractivity contribution < 1.29 is 14.4 Å². The van der Waals surface area contributed by atoms with Crippen molar-refractivity contribution in [3.8, 4) is 0 Å². The second kappa shape index (κ2) is 5.42. The number of oxime groups is 1. The van der Waals surface area contributed by atoms with Crippen LogP contribution in [0.5, 0.6) is 0 Å². The Kier molecular flexibility index (Phi) is 3.23. The van der Waals surface area contributed by atoms with E-state index in [1.807, 2.05) is 0 Å². The van der Waals surface area contributed by atoms with Crippen LogP contribution < -0.4 is 0 Å². The number of hydrogen-bond donors (Lipinski definition) is 1. The van der Waals surface area contributed by atoms with Gasteiger partial charge in [-0.15, -0.1) is 0 Å². The van der Waals surface area contributed by atoms with E-state index in [1.165, 1.54) is 18.5 Å². The molecule has 5 nitrogen and oxygen atoms in total. The molecule has 24 heavy (non-hydrogen) atoms. The maximum absolute atomic E-state index is 13.0. The molecule has 0 saturated heterocycles. The Morgan fingerprint density at radius 2 is 1.79 bits per heavy atom. The Labute approximate surface area is 136 Å². The first kappa shape index (κ1) is 14.3. The highest BCUT2D eigenvalue weighted by Gasteiger charge is 2.32. The number of carbonyl (C=O) groups is 1. The lowest BCUT2D eigenvalue weighted by Crippen LogP contribution is -2.24. The quantitative estimate of drug-likeness (QED) is 0.456. The smallest absolute Gasteiger partial charge is 0.212 e. The standard InChI is InChI=1S/C18H12FN3O2/c19-12-7-5-11(6-8-12)9-22-10-20-16-15(21-24)13-3-1-2-4-14(13)18(23)17(16)22/h1-8,10,24H,9H2/b21-15+. The van der Waals surface area contributed by atoms with E-state index in [9.17, 15) is 14.4 Å². The molecule has 0 unspecified atom stereocenters. The molecule has 1 heterocycles. The molecule has 1 aliphatic rings. The Balaban J connectivity index is 1.82. The lowest BCUT2D eigenvalue weighted by molar-refractivity contribution is 0.102. The van der Waals surface area contributed by atoms with Crippen molar-refractivity contribution in [1.82, 2.24) is 9.55 Å². The predicted molar refractivity (Wildman–Crippen MR) is 85.0 cm³/mol. The number of rotatable bonds is 2. The zero-order valence-electron chi connectivity index (χ0n) is 12.5. The van der Waals surface area contributed by atoms with Crippen LogP contribution in [-0.2, 0) is 6.54 Å². The first-order valence-corrected chi connectivity index (χ1v) is 7.35. The highest BCUT2D eigenvalue weighted by Crippen LogP contribution is 2.27. The third-order valence-corrected chi connectivity index (χ3v) is 4.07. The average Bonchev–Trinajstić information content (AvgIpc) is 3.01. The van der Waals surface area contributed by atoms with Crippen LogP contribution in [-0.4, -0.2) is 26.3 Å². The zero-order chi connectivity index (χ0) is 16.7. The van der Waals surface area contributed by atoms with Gasteiger partial charge in [0, 0.05) is 17.7 Å². The Morgan fingerprint density at radius 3 is 2.50 bits per heavy atom. The topological polar surface area (TPSA) is 67.5 Å². The van der Waals surface area contributed by atoms with Gasteiger partial charge in [0.25, 0.3) is 0 Å². The zero-order valence-corrected chi connectivity index (χ0v) is 12.5. The fourth-order valence-electron chi connectivity index (χ4n) is 2.94. The van der Waals surface area contributed by atoms with Gasteiger partial charge in [0.05, 0.1) is 6.33 Å². The van der Waals surface area contributed by atoms with Crippen molar-refractivity contribution in [1.29, 1.82) is 0 Å². The number of imidazole rings is 1. The summed E-state index contributed by atoms with van der Waals surface area (Å²) in [7, 11) is 0. The molecule has 0 fully saturated rings. The minimum atomic E-state index is -0.314. The van der Waals surface area contributed by atoms with E-state index in [2.05, 4.69) is 10.1 Å². The summed E-state index contributed by atoms with van der Waals surface area (Å²) in [6, 6.07) is 13.0. The van der Waals surface area contributed by atoms with Crippen LogP contribution in [0.1, 0.15) is 32.9 Å². The number of ketones is 1. The van der Waals surface area contributed by atoms with Crippen LogP contribution in [0.2, 0.25) is 0 Å². The number of nitrogens with zero attached hydrogens (tertiary/aromatic N) is 3. The van der Waals surface area contributed by atoms with Crippen molar-refractivity contribution >= 4 is 11.5 Å². The molecule has 0 radical (unpaired) electrons. The average molecular weight is 321 g/mol. The number of aromatic nitrogens is 2. The van der Waals surface area contributed by atoms with E-state index in [0.29, 0.717) is 29.1 Å². The molecule has 4 rings (SSSR count). The lowest BCUT2D eigenvalue weighted by atomic mass is 9.89. The summed E-state index contributed by atoms with van der Waals surface area (Å²) in [5.41, 5.74) is 2.86. The molecule has 118 valence electrons. The Morgan fingerprint density at radius 1 is 1.08 bits per heavy atom. The van der Waals surface area contributed by atoms with Crippen molar-refractivity contribution in [2.75, 3.05) is 0 Å². The van der Waals surface area contributed by atoms with Gasteiger partial charge in [0.2, 0.25) is 5.78 Å². The molecule has 0 amide bonds. The van der Waals surface area contributed by atoms with E-state index in [0.717, 1.165) is 5.56 Å². The van der Waals surface area contributed by atoms with E-state index in [-0.39, 0.29) is 17.3 Å². The fraction of sp³-hybridized carbons (Fsp3) is 0.0556. The summed E-state index contributed by atoms with van der Waals surface area (Å²) in [4.78, 5) is 17.1. The molecular weight excluding hydrogens is 309 g/mol. The highest BCUT2D eigenvalue weighted by atomic mass is 19.1. The summed E-state index contributed by atoms with van der Waals surface area (Å²) >= 11 is 0. The molecule has 6 heteroatoms. The molecule has 3 aromatic rings. The van der Waals surface area contributed by atoms with Crippen molar-refractivity contribution in [3.05, 3.63) is 88.8 Å². The molecule has 2 aromatic carbocycles. The minimum Gasteiger partial charge on any atom is -0.410 e. The van der Waals surface area contributed by atoms with E-state index >= 15 is 0 Å². The van der Waals surface area contributed by atoms with E-state index in [4.69, 9.17) is 0 Å². The summed E-state index contributed by atoms with van der Waals surface area (Å²) in [5, 5.41) is 12.7. The van der Waals surface area contributed by atoms with Crippen LogP contribution >= 0.6 is 0 Å². The number of carbonyl (C=O) groups excluding carboxylic acids is 1. The van der Waals surface area contributed by atoms with E-state index < -0.39 is 0 Å². The second-order valence-corrected chi connectivity index (χ2v) is 5.52. The number of hydrogen-bond acceptors (Lipinski definition) is 4. The van der Waals surface area contributed by atoms with Gasteiger partial charge in [-0.3, -0.25) is 4.79 Å². The molecule has 1 aromatic heterocycles. The van der Waals surface area contributed by atoms with Crippen LogP contribution in [0.3, 0.4) is 0 Å². The third kappa shape index (κ3) is 2.11. The molecule has 0 spiro atoms. The lowest BCUT2D eigenvalue weighted by Gasteiger charge is -2.17. The molecule has 0 saturated carbocycles. The largest absolute Gasteiger partial charge is 0.410 e. The van der Waals surface area contributed by atoms with Gasteiger partial charge < -0.3 is 9.77 Å². The van der Waals surface area contributed by atoms with Gasteiger partial charge in [0.15, 0.2) is 0 Å². The van der Waals surface area contributed by atoms with Gasteiger partial charge >= 0.3 is 0 Å². The van der Waals surface area contributed by atoms with Crippen LogP contribution in [0.4, 0.5) is 4.39 Å². The molecule has 1 aliphatic carbocycles. The predicted octanol–water partition coefficient (Wildman–Crippen LogP) is 2.84. The number of benzene rings is 2. The summed E-state index contributed by atoms with van der Waals surface area (Å²) in [5.74, 6) is -0.487. The summed E-state index contributed by atoms with van der Waals surface area (Å²) in [6.45, 7) is 0.370. The van der Waals surface area contributed by atoms with Crippen molar-refractivity contribution in [3.63, 3.8) is 0 Å². The van der Waals surface area contributed by atoms with Gasteiger partial charge in [-0.05, 0) is 17.7 Å². The molecule has 0 atom stereocenters. The monoisotopic (exact) mass is 321 g/mol. The van der Waals surface area contributed by atoms with E-state index in [1.54, 1.807) is 41.0 Å². The summed E-state index contributed by atoms with van der Waals surface area (Å²) in [6.07, 6.45) is 1.53. The third-order valence-electron chi connectivity index (χ3n) is 4.07. The molecular formula is C18H12FN3O2. The number of fused-ring (bicyclic) bond motifs is 2. The first-order valence-electron chi connectivity index (χ1n) is 7.35. The van der Waals surface area contributed by atoms with Crippen molar-refractivity contribution in [2.45, 2.75) is 6.54 Å². The SMILES string of the molecule is O=C1c2ccccc2/C(=N\O)c2ncn(Cc3ccc(F)cc3)c21. The van der Waals surface area contributed by atoms with Crippen LogP contribution in [0.15, 0.2) is 60.0 Å². The highest BCUT2D eigenvalue weighted by molar-refractivity contribution is 6.28. The summed E-state index contributed by atoms with van der Waals surface area (Å²) < 4.78 is 14.7. The van der Waals surface area contributed by atoms with Crippen molar-refractivity contribution in [2.24, 2.45) is 5.16 Å². The normalized spacial score (nSPS) is 14.5.